The third kappa shape index (κ3) is 4.05. The molecule has 2 aliphatic heterocycles. The molecule has 13 heteroatoms. The maximum atomic E-state index is 12.5. The Balaban J connectivity index is 2.28. The quantitative estimate of drug-likeness (QED) is 0.0918. The van der Waals surface area contributed by atoms with Crippen molar-refractivity contribution in [2.24, 2.45) is 21.9 Å². The number of nitrogens with two attached hydrogens (primary N) is 1. The lowest BCUT2D eigenvalue weighted by molar-refractivity contribution is -0.165. The molecule has 0 aromatic carbocycles. The van der Waals surface area contributed by atoms with E-state index in [0.29, 0.717) is 0 Å². The Morgan fingerprint density at radius 1 is 1.50 bits per heavy atom. The summed E-state index contributed by atoms with van der Waals surface area (Å²) in [5.74, 6) is 2.28. The average Bonchev–Trinajstić information content (AvgIpc) is 2.66. The van der Waals surface area contributed by atoms with Crippen LogP contribution in [0.2, 0.25) is 0 Å². The molecular weight excluding hydrogens is 394 g/mol. The molecule has 2 rings (SSSR count). The number of amidine groups is 1. The molecule has 0 aromatic heterocycles. The van der Waals surface area contributed by atoms with Crippen molar-refractivity contribution in [3.05, 3.63) is 0 Å². The minimum Gasteiger partial charge on any atom is -0.480 e. The van der Waals surface area contributed by atoms with Gasteiger partial charge < -0.3 is 30.1 Å². The van der Waals surface area contributed by atoms with E-state index in [-0.39, 0.29) is 23.9 Å². The van der Waals surface area contributed by atoms with Crippen LogP contribution in [-0.2, 0) is 24.0 Å². The first-order valence-corrected chi connectivity index (χ1v) is 9.50. The molecule has 2 saturated heterocycles. The number of carbonyl (C=O) groups is 3. The number of oxime groups is 1. The van der Waals surface area contributed by atoms with Crippen LogP contribution in [0.1, 0.15) is 13.8 Å². The fraction of sp³-hybridized carbons (Fsp3) is 0.667. The standard InChI is InChI=1S/C15H23N5O7S/c1-4-27-15(25)6(2)8(19-26-3)11(18-16)17-9-12(22)20-10(14(23)24)7(21)5-28-13(9)20/h6-7,9-10,13,21H,4-5,16H2,1-3H3,(H,17,18)(H,23,24)/t6?,7?,9?,10?,13-/m1/s1. The molecule has 2 aliphatic rings. The largest absolute Gasteiger partial charge is 0.480 e. The van der Waals surface area contributed by atoms with Crippen LogP contribution >= 0.6 is 11.8 Å². The minimum absolute atomic E-state index is 0.0327. The van der Waals surface area contributed by atoms with Crippen molar-refractivity contribution < 1.29 is 34.2 Å². The number of nitrogens with zero attached hydrogens (tertiary/aromatic N) is 3. The Kier molecular flexibility index (Phi) is 7.21. The number of thioether (sulfide) groups is 1. The number of hydrogen-bond acceptors (Lipinski definition) is 10. The first-order chi connectivity index (χ1) is 13.3. The predicted molar refractivity (Wildman–Crippen MR) is 99.3 cm³/mol. The summed E-state index contributed by atoms with van der Waals surface area (Å²) >= 11 is 1.21. The Morgan fingerprint density at radius 3 is 2.71 bits per heavy atom. The fourth-order valence-electron chi connectivity index (χ4n) is 2.93. The van der Waals surface area contributed by atoms with Crippen molar-refractivity contribution in [1.29, 1.82) is 0 Å². The van der Waals surface area contributed by atoms with E-state index in [2.05, 4.69) is 15.6 Å². The summed E-state index contributed by atoms with van der Waals surface area (Å²) in [6.45, 7) is 3.34. The van der Waals surface area contributed by atoms with Crippen molar-refractivity contribution in [3.63, 3.8) is 0 Å². The number of β-lactam (4-membered cyclic amide) rings is 1. The molecule has 5 atom stereocenters. The van der Waals surface area contributed by atoms with Crippen LogP contribution in [0.4, 0.5) is 0 Å². The summed E-state index contributed by atoms with van der Waals surface area (Å²) in [5.41, 5.74) is 2.34. The number of hydrogen-bond donors (Lipinski definition) is 4. The van der Waals surface area contributed by atoms with Gasteiger partial charge in [0, 0.05) is 5.75 Å². The van der Waals surface area contributed by atoms with Crippen LogP contribution in [0.15, 0.2) is 10.1 Å². The smallest absolute Gasteiger partial charge is 0.329 e. The topological polar surface area (TPSA) is 176 Å². The van der Waals surface area contributed by atoms with Gasteiger partial charge in [-0.15, -0.1) is 11.8 Å². The SMILES string of the molecule is CCOC(=O)C(C)C(=NOC)C(=NC1C(=O)N2C(C(=O)O)C(O)CS[C@H]12)NN. The van der Waals surface area contributed by atoms with E-state index in [9.17, 15) is 24.6 Å². The number of aliphatic carboxylic acids is 1. The molecule has 12 nitrogen and oxygen atoms in total. The molecular formula is C15H23N5O7S. The zero-order chi connectivity index (χ0) is 21.0. The first-order valence-electron chi connectivity index (χ1n) is 8.45. The average molecular weight is 417 g/mol. The van der Waals surface area contributed by atoms with Gasteiger partial charge in [0.15, 0.2) is 17.9 Å². The molecule has 0 aromatic rings. The molecule has 0 saturated carbocycles. The number of carboxylic acids is 1. The van der Waals surface area contributed by atoms with E-state index < -0.39 is 47.3 Å². The number of aliphatic imine (C=N–C) groups is 1. The van der Waals surface area contributed by atoms with Gasteiger partial charge in [0.25, 0.3) is 5.91 Å². The molecule has 2 fully saturated rings. The second kappa shape index (κ2) is 9.21. The number of ether oxygens (including phenoxy) is 1. The van der Waals surface area contributed by atoms with Gasteiger partial charge in [-0.3, -0.25) is 9.59 Å². The van der Waals surface area contributed by atoms with Crippen molar-refractivity contribution in [2.75, 3.05) is 19.5 Å². The number of fused-ring (bicyclic) bond motifs is 1. The number of esters is 1. The fourth-order valence-corrected chi connectivity index (χ4v) is 4.27. The molecule has 0 spiro atoms. The molecule has 2 heterocycles. The lowest BCUT2D eigenvalue weighted by Crippen LogP contribution is -2.72. The van der Waals surface area contributed by atoms with Crippen molar-refractivity contribution >= 4 is 41.2 Å². The van der Waals surface area contributed by atoms with E-state index in [1.165, 1.54) is 25.8 Å². The van der Waals surface area contributed by atoms with Crippen molar-refractivity contribution in [1.82, 2.24) is 10.3 Å². The third-order valence-corrected chi connectivity index (χ3v) is 5.65. The number of aliphatic hydroxyl groups is 1. The summed E-state index contributed by atoms with van der Waals surface area (Å²) < 4.78 is 4.96. The van der Waals surface area contributed by atoms with Gasteiger partial charge in [-0.1, -0.05) is 5.16 Å². The van der Waals surface area contributed by atoms with Gasteiger partial charge in [0.1, 0.15) is 24.1 Å². The van der Waals surface area contributed by atoms with E-state index in [1.807, 2.05) is 0 Å². The summed E-state index contributed by atoms with van der Waals surface area (Å²) in [7, 11) is 1.28. The van der Waals surface area contributed by atoms with Gasteiger partial charge in [0.2, 0.25) is 0 Å². The lowest BCUT2D eigenvalue weighted by atomic mass is 9.99. The maximum absolute atomic E-state index is 12.5. The van der Waals surface area contributed by atoms with Crippen LogP contribution in [0.3, 0.4) is 0 Å². The second-order valence-electron chi connectivity index (χ2n) is 6.02. The van der Waals surface area contributed by atoms with Gasteiger partial charge in [-0.25, -0.2) is 15.6 Å². The van der Waals surface area contributed by atoms with Crippen LogP contribution in [-0.4, -0.2) is 87.5 Å². The Bertz CT molecular complexity index is 700. The molecule has 4 unspecified atom stereocenters. The number of amides is 1. The molecule has 28 heavy (non-hydrogen) atoms. The highest BCUT2D eigenvalue weighted by Crippen LogP contribution is 2.39. The van der Waals surface area contributed by atoms with E-state index in [4.69, 9.17) is 15.4 Å². The molecule has 156 valence electrons. The van der Waals surface area contributed by atoms with E-state index in [0.717, 1.165) is 4.90 Å². The Hall–Kier alpha value is -2.38. The number of rotatable bonds is 7. The zero-order valence-electron chi connectivity index (χ0n) is 15.6. The number of aliphatic hydroxyl groups excluding tert-OH is 1. The van der Waals surface area contributed by atoms with Crippen LogP contribution in [0, 0.1) is 5.92 Å². The van der Waals surface area contributed by atoms with Crippen LogP contribution in [0.25, 0.3) is 0 Å². The molecule has 0 radical (unpaired) electrons. The highest BCUT2D eigenvalue weighted by Gasteiger charge is 2.57. The normalized spacial score (nSPS) is 28.8. The van der Waals surface area contributed by atoms with Crippen molar-refractivity contribution in [3.8, 4) is 0 Å². The van der Waals surface area contributed by atoms with E-state index >= 15 is 0 Å². The summed E-state index contributed by atoms with van der Waals surface area (Å²) in [4.78, 5) is 46.0. The Morgan fingerprint density at radius 2 is 2.18 bits per heavy atom. The highest BCUT2D eigenvalue weighted by atomic mass is 32.2. The van der Waals surface area contributed by atoms with Crippen molar-refractivity contribution in [2.45, 2.75) is 37.4 Å². The lowest BCUT2D eigenvalue weighted by Gasteiger charge is -2.51. The highest BCUT2D eigenvalue weighted by molar-refractivity contribution is 8.00. The number of carbonyl (C=O) groups excluding carboxylic acids is 2. The molecule has 0 bridgehead atoms. The third-order valence-electron chi connectivity index (χ3n) is 4.29. The zero-order valence-corrected chi connectivity index (χ0v) is 16.4. The maximum Gasteiger partial charge on any atom is 0.329 e. The Labute approximate surface area is 165 Å². The van der Waals surface area contributed by atoms with E-state index in [1.54, 1.807) is 6.92 Å². The molecule has 5 N–H and O–H groups in total. The number of carboxylic acid groups (broad SMARTS) is 1. The van der Waals surface area contributed by atoms with Crippen LogP contribution < -0.4 is 11.3 Å². The monoisotopic (exact) mass is 417 g/mol. The molecule has 0 aliphatic carbocycles. The van der Waals surface area contributed by atoms with Gasteiger partial charge >= 0.3 is 11.9 Å². The van der Waals surface area contributed by atoms with Gasteiger partial charge in [-0.05, 0) is 13.8 Å². The van der Waals surface area contributed by atoms with Gasteiger partial charge in [0.05, 0.1) is 12.7 Å². The molecule has 1 amide bonds. The van der Waals surface area contributed by atoms with Gasteiger partial charge in [-0.2, -0.15) is 0 Å². The number of nitrogens with one attached hydrogen (secondary N) is 1. The minimum atomic E-state index is -1.33. The first kappa shape index (κ1) is 21.9. The van der Waals surface area contributed by atoms with Crippen LogP contribution in [0.5, 0.6) is 0 Å². The summed E-state index contributed by atoms with van der Waals surface area (Å²) in [6.07, 6.45) is -1.17. The summed E-state index contributed by atoms with van der Waals surface area (Å²) in [6, 6.07) is -2.27. The predicted octanol–water partition coefficient (Wildman–Crippen LogP) is -1.85. The second-order valence-corrected chi connectivity index (χ2v) is 7.17. The summed E-state index contributed by atoms with van der Waals surface area (Å²) in [5, 5.41) is 22.4. The number of hydrazine groups is 1.